The third kappa shape index (κ3) is 5.41. The number of carboxylic acids is 1. The normalized spacial score (nSPS) is 14.0. The van der Waals surface area contributed by atoms with E-state index in [4.69, 9.17) is 0 Å². The van der Waals surface area contributed by atoms with Crippen LogP contribution in [0.1, 0.15) is 5.82 Å². The first-order valence-corrected chi connectivity index (χ1v) is 9.51. The Morgan fingerprint density at radius 3 is 1.47 bits per heavy atom. The molecule has 1 aromatic carbocycles. The van der Waals surface area contributed by atoms with Gasteiger partial charge in [-0.2, -0.15) is 70.8 Å². The van der Waals surface area contributed by atoms with Crippen LogP contribution >= 0.6 is 0 Å². The third-order valence-corrected chi connectivity index (χ3v) is 4.92. The van der Waals surface area contributed by atoms with Crippen molar-refractivity contribution in [3.05, 3.63) is 29.1 Å². The van der Waals surface area contributed by atoms with E-state index in [1.54, 1.807) is 5.16 Å². The maximum atomic E-state index is 14.2. The first kappa shape index (κ1) is 37.9. The summed E-state index contributed by atoms with van der Waals surface area (Å²) in [6.07, 6.45) is -7.84. The van der Waals surface area contributed by atoms with E-state index >= 15 is 0 Å². The Hall–Kier alpha value is -3.10. The number of halogens is 19. The van der Waals surface area contributed by atoms with Crippen LogP contribution in [0, 0.1) is 23.3 Å². The molecule has 26 heteroatoms. The van der Waals surface area contributed by atoms with Gasteiger partial charge in [-0.1, -0.05) is 5.16 Å². The van der Waals surface area contributed by atoms with E-state index in [0.717, 1.165) is 0 Å². The van der Waals surface area contributed by atoms with Crippen molar-refractivity contribution in [1.29, 1.82) is 0 Å². The second kappa shape index (κ2) is 11.1. The summed E-state index contributed by atoms with van der Waals surface area (Å²) in [5, 5.41) is 13.3. The van der Waals surface area contributed by atoms with Crippen molar-refractivity contribution in [2.24, 2.45) is 0 Å². The first-order valence-electron chi connectivity index (χ1n) is 9.51. The van der Waals surface area contributed by atoms with Gasteiger partial charge in [0.1, 0.15) is 11.3 Å². The molecule has 0 saturated heterocycles. The molecule has 0 fully saturated rings. The Morgan fingerprint density at radius 2 is 1.07 bits per heavy atom. The summed E-state index contributed by atoms with van der Waals surface area (Å²) < 4.78 is 260. The molecule has 2 aromatic rings. The van der Waals surface area contributed by atoms with E-state index in [-0.39, 0.29) is 18.9 Å². The standard InChI is InChI=1S/C17H4F19N3O3.Li/c18-4-3(5(19)7(21)8(6(4)20)37-1-2(40)41)9-38-10(39-42-9)11(22,23)12(24,25)13(26,27)14(28,29)15(30,31)16(32,33)17(34,35)36;/h37H,1H2,(H,40,41);/q;+1/p-1. The Morgan fingerprint density at radius 1 is 0.674 bits per heavy atom. The number of rotatable bonds is 10. The number of nitrogens with zero attached hydrogens (tertiary/aromatic N) is 2. The number of hydrogen-bond acceptors (Lipinski definition) is 6. The number of nitrogens with one attached hydrogen (secondary N) is 1. The zero-order valence-electron chi connectivity index (χ0n) is 19.5. The molecule has 1 heterocycles. The molecule has 2 rings (SSSR count). The van der Waals surface area contributed by atoms with Crippen molar-refractivity contribution in [1.82, 2.24) is 10.1 Å². The van der Waals surface area contributed by atoms with Gasteiger partial charge < -0.3 is 19.7 Å². The predicted molar refractivity (Wildman–Crippen MR) is 87.7 cm³/mol. The first-order chi connectivity index (χ1) is 18.5. The molecule has 0 unspecified atom stereocenters. The predicted octanol–water partition coefficient (Wildman–Crippen LogP) is 2.29. The number of benzene rings is 1. The van der Waals surface area contributed by atoms with Crippen molar-refractivity contribution in [3.63, 3.8) is 0 Å². The number of aromatic nitrogens is 2. The van der Waals surface area contributed by atoms with Crippen LogP contribution in [0.3, 0.4) is 0 Å². The van der Waals surface area contributed by atoms with Gasteiger partial charge in [0, 0.05) is 0 Å². The summed E-state index contributed by atoms with van der Waals surface area (Å²) in [6.45, 7) is -1.54. The second-order valence-corrected chi connectivity index (χ2v) is 7.60. The van der Waals surface area contributed by atoms with Gasteiger partial charge in [0.15, 0.2) is 23.3 Å². The molecule has 0 bridgehead atoms. The molecule has 0 amide bonds. The minimum absolute atomic E-state index is 0. The van der Waals surface area contributed by atoms with E-state index in [1.807, 2.05) is 4.98 Å². The molecule has 1 N–H and O–H groups in total. The second-order valence-electron chi connectivity index (χ2n) is 7.60. The molecule has 1 aromatic heterocycles. The molecule has 0 radical (unpaired) electrons. The quantitative estimate of drug-likeness (QED) is 0.238. The fourth-order valence-corrected chi connectivity index (χ4v) is 2.69. The van der Waals surface area contributed by atoms with Gasteiger partial charge in [-0.3, -0.25) is 0 Å². The molecule has 0 aliphatic rings. The van der Waals surface area contributed by atoms with Crippen molar-refractivity contribution in [2.75, 3.05) is 11.9 Å². The number of carbonyl (C=O) groups is 1. The zero-order valence-corrected chi connectivity index (χ0v) is 19.5. The maximum Gasteiger partial charge on any atom is 1.00 e. The summed E-state index contributed by atoms with van der Waals surface area (Å²) in [4.78, 5) is 12.2. The van der Waals surface area contributed by atoms with Gasteiger partial charge in [-0.15, -0.1) is 0 Å². The minimum Gasteiger partial charge on any atom is -0.548 e. The Bertz CT molecular complexity index is 1350. The Labute approximate surface area is 233 Å². The van der Waals surface area contributed by atoms with E-state index in [9.17, 15) is 93.3 Å². The number of aliphatic carboxylic acids is 1. The van der Waals surface area contributed by atoms with Crippen LogP contribution < -0.4 is 29.3 Å². The van der Waals surface area contributed by atoms with E-state index in [1.165, 1.54) is 5.32 Å². The van der Waals surface area contributed by atoms with Crippen molar-refractivity contribution in [2.45, 2.75) is 41.7 Å². The smallest absolute Gasteiger partial charge is 0.548 e. The summed E-state index contributed by atoms with van der Waals surface area (Å²) in [5.41, 5.74) is -4.37. The zero-order chi connectivity index (χ0) is 33.2. The molecular formula is C17H3F19LiN3O3. The largest absolute Gasteiger partial charge is 1.00 e. The molecule has 0 saturated carbocycles. The number of anilines is 1. The molecule has 0 aliphatic heterocycles. The van der Waals surface area contributed by atoms with Crippen molar-refractivity contribution >= 4 is 11.7 Å². The van der Waals surface area contributed by atoms with Gasteiger partial charge in [0.2, 0.25) is 5.82 Å². The van der Waals surface area contributed by atoms with Gasteiger partial charge in [-0.05, 0) is 0 Å². The average molecular weight is 665 g/mol. The van der Waals surface area contributed by atoms with Crippen LogP contribution in [0.25, 0.3) is 11.5 Å². The van der Waals surface area contributed by atoms with E-state index < -0.39 is 100 Å². The fraction of sp³-hybridized carbons (Fsp3) is 0.471. The van der Waals surface area contributed by atoms with Gasteiger partial charge in [0.25, 0.3) is 5.89 Å². The number of carboxylic acid groups (broad SMARTS) is 1. The number of hydrogen-bond donors (Lipinski definition) is 1. The van der Waals surface area contributed by atoms with Crippen LogP contribution in [0.2, 0.25) is 0 Å². The molecule has 0 spiro atoms. The van der Waals surface area contributed by atoms with E-state index in [0.29, 0.717) is 0 Å². The third-order valence-electron chi connectivity index (χ3n) is 4.92. The molecular weight excluding hydrogens is 662 g/mol. The SMILES string of the molecule is O=C([O-])CNc1c(F)c(F)c(-c2nc(C(F)(F)C(F)(F)C(F)(F)C(F)(F)C(F)(F)C(F)(F)C(F)(F)F)no2)c(F)c1F.[Li+]. The van der Waals surface area contributed by atoms with Crippen LogP contribution in [0.15, 0.2) is 4.52 Å². The maximum absolute atomic E-state index is 14.2. The summed E-state index contributed by atoms with van der Waals surface area (Å²) in [6, 6.07) is 0. The minimum atomic E-state index is -8.67. The molecule has 0 aliphatic carbocycles. The number of carbonyl (C=O) groups excluding carboxylic acids is 1. The Kier molecular flexibility index (Phi) is 9.80. The monoisotopic (exact) mass is 665 g/mol. The molecule has 43 heavy (non-hydrogen) atoms. The van der Waals surface area contributed by atoms with Crippen molar-refractivity contribution < 1.29 is 117 Å². The summed E-state index contributed by atoms with van der Waals surface area (Å²) >= 11 is 0. The van der Waals surface area contributed by atoms with Crippen LogP contribution in [-0.4, -0.2) is 58.4 Å². The topological polar surface area (TPSA) is 91.1 Å². The van der Waals surface area contributed by atoms with Crippen LogP contribution in [0.4, 0.5) is 89.1 Å². The Balaban J connectivity index is 0.00000924. The molecule has 6 nitrogen and oxygen atoms in total. The van der Waals surface area contributed by atoms with Gasteiger partial charge in [0.05, 0.1) is 12.5 Å². The van der Waals surface area contributed by atoms with E-state index in [2.05, 4.69) is 4.52 Å². The average Bonchev–Trinajstić information content (AvgIpc) is 3.32. The fourth-order valence-electron chi connectivity index (χ4n) is 2.69. The molecule has 238 valence electrons. The summed E-state index contributed by atoms with van der Waals surface area (Å²) in [7, 11) is 0. The number of alkyl halides is 15. The summed E-state index contributed by atoms with van der Waals surface area (Å²) in [5.74, 6) is -68.3. The van der Waals surface area contributed by atoms with Gasteiger partial charge in [-0.25, -0.2) is 17.6 Å². The van der Waals surface area contributed by atoms with Crippen LogP contribution in [0.5, 0.6) is 0 Å². The molecule has 0 atom stereocenters. The van der Waals surface area contributed by atoms with Crippen molar-refractivity contribution in [3.8, 4) is 11.5 Å². The van der Waals surface area contributed by atoms with Gasteiger partial charge >= 0.3 is 60.6 Å². The van der Waals surface area contributed by atoms with Crippen LogP contribution in [-0.2, 0) is 10.7 Å².